The highest BCUT2D eigenvalue weighted by Crippen LogP contribution is 2.30. The van der Waals surface area contributed by atoms with Crippen LogP contribution in [-0.4, -0.2) is 32.8 Å². The number of esters is 1. The molecule has 18 heavy (non-hydrogen) atoms. The van der Waals surface area contributed by atoms with Gasteiger partial charge in [0.25, 0.3) is 0 Å². The Morgan fingerprint density at radius 1 is 1.28 bits per heavy atom. The van der Waals surface area contributed by atoms with E-state index in [2.05, 4.69) is 0 Å². The van der Waals surface area contributed by atoms with Crippen LogP contribution in [0.25, 0.3) is 0 Å². The van der Waals surface area contributed by atoms with Crippen LogP contribution < -0.4 is 5.73 Å². The second-order valence-corrected chi connectivity index (χ2v) is 5.93. The number of ether oxygens (including phenoxy) is 2. The smallest absolute Gasteiger partial charge is 0.313 e. The van der Waals surface area contributed by atoms with E-state index in [1.165, 1.54) is 32.8 Å². The van der Waals surface area contributed by atoms with E-state index in [1.54, 1.807) is 0 Å². The van der Waals surface area contributed by atoms with Crippen molar-refractivity contribution in [3.63, 3.8) is 0 Å². The lowest BCUT2D eigenvalue weighted by atomic mass is 9.80. The number of nitrogens with two attached hydrogens (primary N) is 1. The second-order valence-electron chi connectivity index (χ2n) is 5.93. The fourth-order valence-electron chi connectivity index (χ4n) is 2.61. The molecule has 1 rings (SSSR count). The minimum absolute atomic E-state index is 0.221. The molecule has 2 atom stereocenters. The van der Waals surface area contributed by atoms with Crippen LogP contribution in [0.15, 0.2) is 0 Å². The average molecular weight is 257 g/mol. The Kier molecular flexibility index (Phi) is 6.09. The predicted octanol–water partition coefficient (Wildman–Crippen LogP) is 1.97. The van der Waals surface area contributed by atoms with Crippen LogP contribution in [-0.2, 0) is 14.3 Å². The highest BCUT2D eigenvalue weighted by atomic mass is 16.5. The molecule has 1 aliphatic carbocycles. The SMILES string of the molecule is COC(=O)C(C)(C)COCC1CCCCC1CN. The van der Waals surface area contributed by atoms with E-state index in [1.807, 2.05) is 13.8 Å². The molecule has 2 N–H and O–H groups in total. The zero-order valence-electron chi connectivity index (χ0n) is 11.9. The molecule has 106 valence electrons. The second kappa shape index (κ2) is 7.10. The summed E-state index contributed by atoms with van der Waals surface area (Å²) in [5.41, 5.74) is 5.22. The van der Waals surface area contributed by atoms with Gasteiger partial charge in [-0.05, 0) is 45.1 Å². The standard InChI is InChI=1S/C14H27NO3/c1-14(2,13(16)17-3)10-18-9-12-7-5-4-6-11(12)8-15/h11-12H,4-10,15H2,1-3H3. The van der Waals surface area contributed by atoms with Gasteiger partial charge in [-0.1, -0.05) is 12.8 Å². The molecule has 0 aromatic heterocycles. The van der Waals surface area contributed by atoms with Gasteiger partial charge in [-0.25, -0.2) is 0 Å². The van der Waals surface area contributed by atoms with E-state index >= 15 is 0 Å². The molecule has 1 fully saturated rings. The average Bonchev–Trinajstić information content (AvgIpc) is 2.38. The first-order chi connectivity index (χ1) is 8.51. The molecule has 0 amide bonds. The molecular weight excluding hydrogens is 230 g/mol. The monoisotopic (exact) mass is 257 g/mol. The first-order valence-electron chi connectivity index (χ1n) is 6.87. The van der Waals surface area contributed by atoms with Crippen LogP contribution in [0.4, 0.5) is 0 Å². The molecule has 4 nitrogen and oxygen atoms in total. The Hall–Kier alpha value is -0.610. The Morgan fingerprint density at radius 3 is 2.44 bits per heavy atom. The maximum absolute atomic E-state index is 11.5. The van der Waals surface area contributed by atoms with Gasteiger partial charge < -0.3 is 15.2 Å². The largest absolute Gasteiger partial charge is 0.469 e. The van der Waals surface area contributed by atoms with E-state index in [9.17, 15) is 4.79 Å². The maximum Gasteiger partial charge on any atom is 0.313 e. The number of hydrogen-bond acceptors (Lipinski definition) is 4. The third kappa shape index (κ3) is 4.25. The first-order valence-corrected chi connectivity index (χ1v) is 6.87. The van der Waals surface area contributed by atoms with Gasteiger partial charge in [0.1, 0.15) is 0 Å². The van der Waals surface area contributed by atoms with Crippen molar-refractivity contribution in [3.05, 3.63) is 0 Å². The minimum Gasteiger partial charge on any atom is -0.469 e. The minimum atomic E-state index is -0.568. The van der Waals surface area contributed by atoms with Gasteiger partial charge in [-0.3, -0.25) is 4.79 Å². The van der Waals surface area contributed by atoms with E-state index in [0.29, 0.717) is 25.0 Å². The Morgan fingerprint density at radius 2 is 1.89 bits per heavy atom. The van der Waals surface area contributed by atoms with Crippen LogP contribution >= 0.6 is 0 Å². The third-order valence-electron chi connectivity index (χ3n) is 3.90. The molecule has 1 aliphatic rings. The molecule has 2 unspecified atom stereocenters. The van der Waals surface area contributed by atoms with Gasteiger partial charge in [0, 0.05) is 6.61 Å². The van der Waals surface area contributed by atoms with Crippen molar-refractivity contribution in [1.82, 2.24) is 0 Å². The quantitative estimate of drug-likeness (QED) is 0.739. The molecule has 0 bridgehead atoms. The van der Waals surface area contributed by atoms with Gasteiger partial charge in [0.15, 0.2) is 0 Å². The van der Waals surface area contributed by atoms with Crippen molar-refractivity contribution in [2.75, 3.05) is 26.9 Å². The van der Waals surface area contributed by atoms with E-state index in [0.717, 1.165) is 6.54 Å². The zero-order valence-corrected chi connectivity index (χ0v) is 11.9. The first kappa shape index (κ1) is 15.4. The molecule has 4 heteroatoms. The Balaban J connectivity index is 2.34. The molecule has 0 heterocycles. The molecule has 0 aromatic carbocycles. The highest BCUT2D eigenvalue weighted by molar-refractivity contribution is 5.75. The van der Waals surface area contributed by atoms with Gasteiger partial charge in [0.05, 0.1) is 19.1 Å². The topological polar surface area (TPSA) is 61.5 Å². The van der Waals surface area contributed by atoms with Gasteiger partial charge in [0.2, 0.25) is 0 Å². The van der Waals surface area contributed by atoms with Crippen LogP contribution in [0.2, 0.25) is 0 Å². The lowest BCUT2D eigenvalue weighted by Crippen LogP contribution is -2.34. The summed E-state index contributed by atoms with van der Waals surface area (Å²) in [6, 6.07) is 0. The summed E-state index contributed by atoms with van der Waals surface area (Å²) in [6.07, 6.45) is 4.96. The van der Waals surface area contributed by atoms with Gasteiger partial charge in [-0.2, -0.15) is 0 Å². The molecule has 0 spiro atoms. The zero-order chi connectivity index (χ0) is 13.6. The number of carbonyl (C=O) groups excluding carboxylic acids is 1. The van der Waals surface area contributed by atoms with Crippen molar-refractivity contribution in [3.8, 4) is 0 Å². The van der Waals surface area contributed by atoms with Crippen LogP contribution in [0, 0.1) is 17.3 Å². The number of carbonyl (C=O) groups is 1. The molecule has 0 aromatic rings. The van der Waals surface area contributed by atoms with Crippen molar-refractivity contribution in [2.45, 2.75) is 39.5 Å². The van der Waals surface area contributed by atoms with Crippen LogP contribution in [0.5, 0.6) is 0 Å². The maximum atomic E-state index is 11.5. The number of methoxy groups -OCH3 is 1. The third-order valence-corrected chi connectivity index (χ3v) is 3.90. The molecule has 0 saturated heterocycles. The van der Waals surface area contributed by atoms with Gasteiger partial charge >= 0.3 is 5.97 Å². The van der Waals surface area contributed by atoms with E-state index < -0.39 is 5.41 Å². The summed E-state index contributed by atoms with van der Waals surface area (Å²) >= 11 is 0. The molecular formula is C14H27NO3. The summed E-state index contributed by atoms with van der Waals surface area (Å²) in [6.45, 7) is 5.56. The Bertz CT molecular complexity index is 266. The van der Waals surface area contributed by atoms with Gasteiger partial charge in [-0.15, -0.1) is 0 Å². The summed E-state index contributed by atoms with van der Waals surface area (Å²) in [7, 11) is 1.41. The van der Waals surface area contributed by atoms with E-state index in [4.69, 9.17) is 15.2 Å². The van der Waals surface area contributed by atoms with Crippen LogP contribution in [0.1, 0.15) is 39.5 Å². The fourth-order valence-corrected chi connectivity index (χ4v) is 2.61. The normalized spacial score (nSPS) is 24.9. The molecule has 0 radical (unpaired) electrons. The number of rotatable bonds is 6. The van der Waals surface area contributed by atoms with Crippen LogP contribution in [0.3, 0.4) is 0 Å². The van der Waals surface area contributed by atoms with Crippen molar-refractivity contribution in [2.24, 2.45) is 23.0 Å². The molecule has 1 saturated carbocycles. The van der Waals surface area contributed by atoms with Crippen molar-refractivity contribution in [1.29, 1.82) is 0 Å². The summed E-state index contributed by atoms with van der Waals surface area (Å²) in [5.74, 6) is 0.915. The lowest BCUT2D eigenvalue weighted by molar-refractivity contribution is -0.154. The number of hydrogen-bond donors (Lipinski definition) is 1. The van der Waals surface area contributed by atoms with E-state index in [-0.39, 0.29) is 5.97 Å². The van der Waals surface area contributed by atoms with Crippen molar-refractivity contribution >= 4 is 5.97 Å². The highest BCUT2D eigenvalue weighted by Gasteiger charge is 2.30. The fraction of sp³-hybridized carbons (Fsp3) is 0.929. The van der Waals surface area contributed by atoms with Crippen molar-refractivity contribution < 1.29 is 14.3 Å². The summed E-state index contributed by atoms with van der Waals surface area (Å²) in [4.78, 5) is 11.5. The Labute approximate surface area is 110 Å². The molecule has 0 aliphatic heterocycles. The predicted molar refractivity (Wildman–Crippen MR) is 71.1 cm³/mol. The summed E-state index contributed by atoms with van der Waals surface area (Å²) < 4.78 is 10.5. The summed E-state index contributed by atoms with van der Waals surface area (Å²) in [5, 5.41) is 0. The lowest BCUT2D eigenvalue weighted by Gasteiger charge is -2.31.